The Hall–Kier alpha value is -2.84. The van der Waals surface area contributed by atoms with Crippen molar-refractivity contribution in [1.82, 2.24) is 9.29 Å². The van der Waals surface area contributed by atoms with Crippen molar-refractivity contribution in [3.05, 3.63) is 63.9 Å². The van der Waals surface area contributed by atoms with Gasteiger partial charge in [0.25, 0.3) is 5.56 Å². The minimum absolute atomic E-state index is 0.0133. The van der Waals surface area contributed by atoms with E-state index in [0.29, 0.717) is 30.9 Å². The zero-order valence-electron chi connectivity index (χ0n) is 18.7. The summed E-state index contributed by atoms with van der Waals surface area (Å²) in [6.45, 7) is 5.57. The number of fused-ring (bicyclic) bond motifs is 2. The summed E-state index contributed by atoms with van der Waals surface area (Å²) < 4.78 is 34.3. The number of aryl methyl sites for hydroxylation is 1. The van der Waals surface area contributed by atoms with Crippen LogP contribution in [0.4, 0.5) is 5.69 Å². The Morgan fingerprint density at radius 1 is 1.19 bits per heavy atom. The summed E-state index contributed by atoms with van der Waals surface area (Å²) in [6, 6.07) is 12.6. The van der Waals surface area contributed by atoms with Crippen molar-refractivity contribution in [3.63, 3.8) is 0 Å². The van der Waals surface area contributed by atoms with Crippen LogP contribution >= 0.6 is 0 Å². The number of nitrogens with zero attached hydrogens (tertiary/aromatic N) is 2. The highest BCUT2D eigenvalue weighted by Crippen LogP contribution is 2.34. The second kappa shape index (κ2) is 8.96. The van der Waals surface area contributed by atoms with Gasteiger partial charge in [0.1, 0.15) is 12.4 Å². The lowest BCUT2D eigenvalue weighted by atomic mass is 10.1. The van der Waals surface area contributed by atoms with E-state index in [1.165, 1.54) is 4.31 Å². The van der Waals surface area contributed by atoms with Gasteiger partial charge in [-0.3, -0.25) is 4.79 Å². The number of pyridine rings is 1. The smallest absolute Gasteiger partial charge is 0.252 e. The van der Waals surface area contributed by atoms with E-state index in [9.17, 15) is 13.2 Å². The van der Waals surface area contributed by atoms with Gasteiger partial charge in [0.05, 0.1) is 22.6 Å². The maximum absolute atomic E-state index is 13.6. The van der Waals surface area contributed by atoms with Crippen LogP contribution in [0.2, 0.25) is 0 Å². The maximum atomic E-state index is 13.6. The van der Waals surface area contributed by atoms with Crippen molar-refractivity contribution < 1.29 is 13.2 Å². The molecule has 1 aliphatic rings. The van der Waals surface area contributed by atoms with Crippen LogP contribution in [-0.4, -0.2) is 44.5 Å². The lowest BCUT2D eigenvalue weighted by Gasteiger charge is -2.28. The molecule has 4 rings (SSSR count). The number of ether oxygens (including phenoxy) is 1. The molecule has 7 nitrogen and oxygen atoms in total. The van der Waals surface area contributed by atoms with Gasteiger partial charge in [-0.25, -0.2) is 8.42 Å². The fraction of sp³-hybridized carbons (Fsp3) is 0.375. The first-order chi connectivity index (χ1) is 15.3. The standard InChI is InChI=1S/C24H29N3O4S/c1-4-5-11-27(16-19-14-18-8-6-7-17(2)23(18)25-24(19)28)32(29,30)20-9-10-21-22(15-20)31-13-12-26(21)3/h6-10,14-15H,4-5,11-13,16H2,1-3H3,(H,25,28). The zero-order valence-corrected chi connectivity index (χ0v) is 19.5. The highest BCUT2D eigenvalue weighted by Gasteiger charge is 2.27. The largest absolute Gasteiger partial charge is 0.490 e. The number of aromatic amines is 1. The van der Waals surface area contributed by atoms with E-state index in [-0.39, 0.29) is 17.0 Å². The van der Waals surface area contributed by atoms with Crippen molar-refractivity contribution in [1.29, 1.82) is 0 Å². The third-order valence-electron chi connectivity index (χ3n) is 5.94. The predicted octanol–water partition coefficient (Wildman–Crippen LogP) is 3.66. The first kappa shape index (κ1) is 22.4. The molecule has 1 aromatic heterocycles. The fourth-order valence-electron chi connectivity index (χ4n) is 4.00. The van der Waals surface area contributed by atoms with Gasteiger partial charge in [0, 0.05) is 31.8 Å². The Kier molecular flexibility index (Phi) is 6.26. The number of H-pyrrole nitrogens is 1. The number of benzene rings is 2. The van der Waals surface area contributed by atoms with Gasteiger partial charge in [0.15, 0.2) is 0 Å². The second-order valence-corrected chi connectivity index (χ2v) is 10.2. The molecular weight excluding hydrogens is 426 g/mol. The summed E-state index contributed by atoms with van der Waals surface area (Å²) >= 11 is 0. The van der Waals surface area contributed by atoms with Gasteiger partial charge in [-0.05, 0) is 42.5 Å². The molecule has 2 aromatic carbocycles. The summed E-state index contributed by atoms with van der Waals surface area (Å²) in [5, 5.41) is 0.887. The number of likely N-dealkylation sites (N-methyl/N-ethyl adjacent to an activating group) is 1. The summed E-state index contributed by atoms with van der Waals surface area (Å²) in [5.74, 6) is 0.564. The number of para-hydroxylation sites is 1. The molecule has 0 saturated carbocycles. The highest BCUT2D eigenvalue weighted by atomic mass is 32.2. The van der Waals surface area contributed by atoms with Gasteiger partial charge in [-0.15, -0.1) is 0 Å². The number of sulfonamides is 1. The molecule has 0 spiro atoms. The number of hydrogen-bond donors (Lipinski definition) is 1. The third-order valence-corrected chi connectivity index (χ3v) is 7.78. The third kappa shape index (κ3) is 4.25. The zero-order chi connectivity index (χ0) is 22.9. The molecule has 0 amide bonds. The molecule has 170 valence electrons. The molecular formula is C24H29N3O4S. The van der Waals surface area contributed by atoms with E-state index in [2.05, 4.69) is 4.98 Å². The SMILES string of the molecule is CCCCN(Cc1cc2cccc(C)c2[nH]c1=O)S(=O)(=O)c1ccc2c(c1)OCCN2C. The minimum atomic E-state index is -3.82. The predicted molar refractivity (Wildman–Crippen MR) is 127 cm³/mol. The lowest BCUT2D eigenvalue weighted by Crippen LogP contribution is -2.34. The lowest BCUT2D eigenvalue weighted by molar-refractivity contribution is 0.310. The minimum Gasteiger partial charge on any atom is -0.490 e. The normalized spacial score (nSPS) is 13.9. The quantitative estimate of drug-likeness (QED) is 0.588. The first-order valence-electron chi connectivity index (χ1n) is 10.9. The Morgan fingerprint density at radius 3 is 2.78 bits per heavy atom. The Labute approximate surface area is 188 Å². The average molecular weight is 456 g/mol. The number of hydrogen-bond acceptors (Lipinski definition) is 5. The van der Waals surface area contributed by atoms with E-state index in [4.69, 9.17) is 4.74 Å². The molecule has 2 heterocycles. The van der Waals surface area contributed by atoms with Crippen LogP contribution in [0.15, 0.2) is 52.2 Å². The van der Waals surface area contributed by atoms with Crippen molar-refractivity contribution in [2.45, 2.75) is 38.1 Å². The van der Waals surface area contributed by atoms with E-state index in [0.717, 1.165) is 35.1 Å². The summed E-state index contributed by atoms with van der Waals surface area (Å²) in [7, 11) is -1.86. The van der Waals surface area contributed by atoms with Crippen molar-refractivity contribution in [3.8, 4) is 5.75 Å². The molecule has 0 radical (unpaired) electrons. The number of nitrogens with one attached hydrogen (secondary N) is 1. The van der Waals surface area contributed by atoms with Gasteiger partial charge < -0.3 is 14.6 Å². The monoisotopic (exact) mass is 455 g/mol. The number of aromatic nitrogens is 1. The van der Waals surface area contributed by atoms with Crippen LogP contribution < -0.4 is 15.2 Å². The van der Waals surface area contributed by atoms with Crippen LogP contribution in [0.25, 0.3) is 10.9 Å². The molecule has 3 aromatic rings. The van der Waals surface area contributed by atoms with Crippen LogP contribution in [0.5, 0.6) is 5.75 Å². The molecule has 32 heavy (non-hydrogen) atoms. The molecule has 0 bridgehead atoms. The molecule has 1 aliphatic heterocycles. The van der Waals surface area contributed by atoms with Gasteiger partial charge in [0.2, 0.25) is 10.0 Å². The highest BCUT2D eigenvalue weighted by molar-refractivity contribution is 7.89. The van der Waals surface area contributed by atoms with Crippen molar-refractivity contribution in [2.24, 2.45) is 0 Å². The second-order valence-electron chi connectivity index (χ2n) is 8.25. The van der Waals surface area contributed by atoms with Crippen LogP contribution in [0.3, 0.4) is 0 Å². The average Bonchev–Trinajstić information content (AvgIpc) is 2.77. The Bertz CT molecular complexity index is 1300. The molecule has 1 N–H and O–H groups in total. The number of unbranched alkanes of at least 4 members (excludes halogenated alkanes) is 1. The fourth-order valence-corrected chi connectivity index (χ4v) is 5.48. The van der Waals surface area contributed by atoms with Crippen molar-refractivity contribution in [2.75, 3.05) is 31.6 Å². The Morgan fingerprint density at radius 2 is 2.00 bits per heavy atom. The maximum Gasteiger partial charge on any atom is 0.252 e. The van der Waals surface area contributed by atoms with E-state index in [1.54, 1.807) is 24.3 Å². The summed E-state index contributed by atoms with van der Waals surface area (Å²) in [5.41, 5.74) is 2.79. The number of rotatable bonds is 7. The molecule has 0 saturated heterocycles. The van der Waals surface area contributed by atoms with Crippen LogP contribution in [0, 0.1) is 6.92 Å². The first-order valence-corrected chi connectivity index (χ1v) is 12.3. The van der Waals surface area contributed by atoms with Gasteiger partial charge in [-0.2, -0.15) is 4.31 Å². The van der Waals surface area contributed by atoms with Crippen molar-refractivity contribution >= 4 is 26.6 Å². The topological polar surface area (TPSA) is 82.7 Å². The summed E-state index contributed by atoms with van der Waals surface area (Å²) in [4.78, 5) is 17.9. The molecule has 0 unspecified atom stereocenters. The number of anilines is 1. The summed E-state index contributed by atoms with van der Waals surface area (Å²) in [6.07, 6.45) is 1.55. The molecule has 8 heteroatoms. The van der Waals surface area contributed by atoms with E-state index >= 15 is 0 Å². The van der Waals surface area contributed by atoms with Crippen LogP contribution in [-0.2, 0) is 16.6 Å². The molecule has 0 atom stereocenters. The van der Waals surface area contributed by atoms with E-state index < -0.39 is 10.0 Å². The Balaban J connectivity index is 1.72. The van der Waals surface area contributed by atoms with E-state index in [1.807, 2.05) is 44.0 Å². The molecule has 0 fully saturated rings. The van der Waals surface area contributed by atoms with Gasteiger partial charge in [-0.1, -0.05) is 31.5 Å². The molecule has 0 aliphatic carbocycles. The van der Waals surface area contributed by atoms with Crippen LogP contribution in [0.1, 0.15) is 30.9 Å². The van der Waals surface area contributed by atoms with Gasteiger partial charge >= 0.3 is 0 Å².